The van der Waals surface area contributed by atoms with Crippen molar-refractivity contribution >= 4 is 97.6 Å². The first-order chi connectivity index (χ1) is 26.2. The molecule has 0 aliphatic rings. The SMILES string of the molecule is c1cnc2c(c1)oc1ccc(-n3c4ccc(Oc5ccc6c(c5)c5ncccc5n6-c5ccc6sc7cccnc7c6c5)cc4c4ncccc43)cc12. The van der Waals surface area contributed by atoms with Gasteiger partial charge in [-0.05, 0) is 121 Å². The molecule has 0 amide bonds. The molecule has 0 aliphatic heterocycles. The van der Waals surface area contributed by atoms with Gasteiger partial charge in [0.1, 0.15) is 22.6 Å². The Kier molecular flexibility index (Phi) is 5.77. The number of nitrogens with zero attached hydrogens (tertiary/aromatic N) is 6. The fraction of sp³-hybridized carbons (Fsp3) is 0. The van der Waals surface area contributed by atoms with E-state index in [0.29, 0.717) is 0 Å². The molecule has 12 rings (SSSR count). The summed E-state index contributed by atoms with van der Waals surface area (Å²) in [5.41, 5.74) is 11.5. The van der Waals surface area contributed by atoms with Crippen LogP contribution in [0.15, 0.2) is 151 Å². The molecule has 0 unspecified atom stereocenters. The number of benzene rings is 4. The quantitative estimate of drug-likeness (QED) is 0.182. The van der Waals surface area contributed by atoms with Gasteiger partial charge >= 0.3 is 0 Å². The van der Waals surface area contributed by atoms with Crippen molar-refractivity contribution in [1.82, 2.24) is 29.1 Å². The van der Waals surface area contributed by atoms with Gasteiger partial charge in [-0.2, -0.15) is 0 Å². The largest absolute Gasteiger partial charge is 0.457 e. The fourth-order valence-electron chi connectivity index (χ4n) is 7.90. The van der Waals surface area contributed by atoms with Crippen molar-refractivity contribution in [3.63, 3.8) is 0 Å². The lowest BCUT2D eigenvalue weighted by atomic mass is 10.2. The minimum absolute atomic E-state index is 0.723. The van der Waals surface area contributed by atoms with Gasteiger partial charge in [0.15, 0.2) is 5.58 Å². The van der Waals surface area contributed by atoms with Gasteiger partial charge in [-0.1, -0.05) is 0 Å². The van der Waals surface area contributed by atoms with Crippen molar-refractivity contribution in [2.24, 2.45) is 0 Å². The summed E-state index contributed by atoms with van der Waals surface area (Å²) < 4.78 is 19.6. The number of hydrogen-bond donors (Lipinski definition) is 0. The van der Waals surface area contributed by atoms with Gasteiger partial charge in [0.05, 0.1) is 43.3 Å². The molecule has 12 aromatic rings. The average Bonchev–Trinajstić information content (AvgIpc) is 3.95. The molecule has 8 nitrogen and oxygen atoms in total. The summed E-state index contributed by atoms with van der Waals surface area (Å²) in [6, 6.07) is 41.4. The third-order valence-electron chi connectivity index (χ3n) is 10.2. The maximum Gasteiger partial charge on any atom is 0.153 e. The highest BCUT2D eigenvalue weighted by atomic mass is 32.1. The molecule has 0 N–H and O–H groups in total. The molecule has 0 fully saturated rings. The number of hydrogen-bond acceptors (Lipinski definition) is 7. The van der Waals surface area contributed by atoms with Gasteiger partial charge in [0, 0.05) is 62.4 Å². The first kappa shape index (κ1) is 28.6. The van der Waals surface area contributed by atoms with Crippen LogP contribution in [0.4, 0.5) is 0 Å². The molecule has 8 heterocycles. The van der Waals surface area contributed by atoms with Crippen LogP contribution in [0.1, 0.15) is 0 Å². The Bertz CT molecular complexity index is 3230. The highest BCUT2D eigenvalue weighted by Crippen LogP contribution is 2.40. The first-order valence-corrected chi connectivity index (χ1v) is 18.1. The maximum absolute atomic E-state index is 6.61. The molecule has 0 aliphatic carbocycles. The zero-order valence-corrected chi connectivity index (χ0v) is 28.6. The fourth-order valence-corrected chi connectivity index (χ4v) is 8.94. The van der Waals surface area contributed by atoms with Crippen LogP contribution in [-0.4, -0.2) is 29.1 Å². The molecule has 0 radical (unpaired) electrons. The molecule has 0 saturated heterocycles. The second-order valence-electron chi connectivity index (χ2n) is 13.1. The van der Waals surface area contributed by atoms with E-state index in [2.05, 4.69) is 86.9 Å². The highest BCUT2D eigenvalue weighted by Gasteiger charge is 2.19. The second-order valence-corrected chi connectivity index (χ2v) is 14.2. The van der Waals surface area contributed by atoms with Crippen LogP contribution >= 0.6 is 11.3 Å². The second kappa shape index (κ2) is 10.7. The van der Waals surface area contributed by atoms with Crippen molar-refractivity contribution in [3.05, 3.63) is 146 Å². The van der Waals surface area contributed by atoms with E-state index in [-0.39, 0.29) is 0 Å². The summed E-state index contributed by atoms with van der Waals surface area (Å²) in [5.74, 6) is 1.45. The molecular formula is C44H24N6O2S. The van der Waals surface area contributed by atoms with Crippen molar-refractivity contribution in [2.75, 3.05) is 0 Å². The van der Waals surface area contributed by atoms with Crippen LogP contribution in [0, 0.1) is 0 Å². The molecule has 8 aromatic heterocycles. The number of rotatable bonds is 4. The molecule has 0 spiro atoms. The Labute approximate surface area is 303 Å². The average molecular weight is 701 g/mol. The van der Waals surface area contributed by atoms with Crippen LogP contribution in [0.25, 0.3) is 97.6 Å². The smallest absolute Gasteiger partial charge is 0.153 e. The van der Waals surface area contributed by atoms with E-state index in [1.807, 2.05) is 67.1 Å². The van der Waals surface area contributed by atoms with Gasteiger partial charge < -0.3 is 18.3 Å². The molecular weight excluding hydrogens is 677 g/mol. The Morgan fingerprint density at radius 1 is 0.434 bits per heavy atom. The number of thiophene rings is 1. The third-order valence-corrected chi connectivity index (χ3v) is 11.3. The Morgan fingerprint density at radius 3 is 1.72 bits per heavy atom. The molecule has 248 valence electrons. The van der Waals surface area contributed by atoms with E-state index >= 15 is 0 Å². The van der Waals surface area contributed by atoms with Gasteiger partial charge in [0.2, 0.25) is 0 Å². The van der Waals surface area contributed by atoms with Gasteiger partial charge in [0.25, 0.3) is 0 Å². The van der Waals surface area contributed by atoms with Gasteiger partial charge in [-0.15, -0.1) is 11.3 Å². The summed E-state index contributed by atoms with van der Waals surface area (Å²) in [6.07, 6.45) is 7.34. The highest BCUT2D eigenvalue weighted by molar-refractivity contribution is 7.25. The van der Waals surface area contributed by atoms with E-state index in [9.17, 15) is 0 Å². The van der Waals surface area contributed by atoms with Crippen molar-refractivity contribution in [3.8, 4) is 22.9 Å². The predicted octanol–water partition coefficient (Wildman–Crippen LogP) is 11.5. The van der Waals surface area contributed by atoms with E-state index in [4.69, 9.17) is 24.1 Å². The topological polar surface area (TPSA) is 83.8 Å². The summed E-state index contributed by atoms with van der Waals surface area (Å²) in [4.78, 5) is 19.0. The Balaban J connectivity index is 0.970. The van der Waals surface area contributed by atoms with Crippen LogP contribution in [-0.2, 0) is 0 Å². The zero-order valence-electron chi connectivity index (χ0n) is 27.8. The number of ether oxygens (including phenoxy) is 1. The molecule has 0 bridgehead atoms. The third kappa shape index (κ3) is 4.16. The number of aromatic nitrogens is 6. The summed E-state index contributed by atoms with van der Waals surface area (Å²) in [7, 11) is 0. The standard InChI is InChI=1S/C44H24N6O2S/c1-5-35-41(45-17-1)29-23-27(11-13-33(29)49(35)25-9-15-37-31(21-25)43-38(52-37)7-3-19-47-43)51-28-12-14-34-30(24-28)42-36(6-2-18-46-42)50(34)26-10-16-39-32(22-26)44-40(53-39)8-4-20-48-44/h1-24H. The summed E-state index contributed by atoms with van der Waals surface area (Å²) >= 11 is 1.77. The lowest BCUT2D eigenvalue weighted by Gasteiger charge is -2.10. The molecule has 4 aromatic carbocycles. The van der Waals surface area contributed by atoms with Crippen LogP contribution < -0.4 is 4.74 Å². The molecule has 0 atom stereocenters. The van der Waals surface area contributed by atoms with E-state index in [0.717, 1.165) is 99.7 Å². The Hall–Kier alpha value is -7.10. The molecule has 53 heavy (non-hydrogen) atoms. The van der Waals surface area contributed by atoms with E-state index in [1.54, 1.807) is 17.5 Å². The lowest BCUT2D eigenvalue weighted by molar-refractivity contribution is 0.484. The molecule has 9 heteroatoms. The summed E-state index contributed by atoms with van der Waals surface area (Å²) in [6.45, 7) is 0. The van der Waals surface area contributed by atoms with E-state index in [1.165, 1.54) is 9.40 Å². The van der Waals surface area contributed by atoms with Crippen LogP contribution in [0.3, 0.4) is 0 Å². The number of pyridine rings is 4. The first-order valence-electron chi connectivity index (χ1n) is 17.3. The molecule has 0 saturated carbocycles. The van der Waals surface area contributed by atoms with Crippen LogP contribution in [0.5, 0.6) is 11.5 Å². The van der Waals surface area contributed by atoms with Crippen molar-refractivity contribution in [1.29, 1.82) is 0 Å². The maximum atomic E-state index is 6.61. The Morgan fingerprint density at radius 2 is 1.02 bits per heavy atom. The monoisotopic (exact) mass is 700 g/mol. The normalized spacial score (nSPS) is 12.2. The minimum Gasteiger partial charge on any atom is -0.457 e. The zero-order chi connectivity index (χ0) is 34.6. The van der Waals surface area contributed by atoms with Gasteiger partial charge in [-0.25, -0.2) is 0 Å². The predicted molar refractivity (Wildman–Crippen MR) is 213 cm³/mol. The van der Waals surface area contributed by atoms with Crippen LogP contribution in [0.2, 0.25) is 0 Å². The summed E-state index contributed by atoms with van der Waals surface area (Å²) in [5, 5.41) is 4.14. The van der Waals surface area contributed by atoms with Crippen molar-refractivity contribution < 1.29 is 9.15 Å². The lowest BCUT2D eigenvalue weighted by Crippen LogP contribution is -1.94. The number of fused-ring (bicyclic) bond motifs is 12. The van der Waals surface area contributed by atoms with E-state index < -0.39 is 0 Å². The number of furan rings is 1. The van der Waals surface area contributed by atoms with Gasteiger partial charge in [-0.3, -0.25) is 19.9 Å². The minimum atomic E-state index is 0.723. The van der Waals surface area contributed by atoms with Crippen molar-refractivity contribution in [2.45, 2.75) is 0 Å².